The summed E-state index contributed by atoms with van der Waals surface area (Å²) >= 11 is 7.48. The molecule has 1 aromatic carbocycles. The minimum atomic E-state index is 0.168. The Kier molecular flexibility index (Phi) is 6.48. The molecule has 1 aliphatic rings. The van der Waals surface area contributed by atoms with Crippen molar-refractivity contribution in [2.45, 2.75) is 13.1 Å². The first-order valence-corrected chi connectivity index (χ1v) is 9.76. The van der Waals surface area contributed by atoms with Crippen molar-refractivity contribution in [2.75, 3.05) is 39.8 Å². The summed E-state index contributed by atoms with van der Waals surface area (Å²) in [6.07, 6.45) is 0. The largest absolute Gasteiger partial charge is 0.340 e. The van der Waals surface area contributed by atoms with Gasteiger partial charge in [-0.1, -0.05) is 41.9 Å². The van der Waals surface area contributed by atoms with Crippen molar-refractivity contribution in [1.29, 1.82) is 0 Å². The van der Waals surface area contributed by atoms with E-state index in [-0.39, 0.29) is 5.91 Å². The standard InChI is InChI=1S/C19H24ClN3OS/c1-21(14-17-7-8-18(20)25-17)19(24)15-23-11-9-22(10-12-23)13-16-5-3-2-4-6-16/h2-8H,9-15H2,1H3. The lowest BCUT2D eigenvalue weighted by molar-refractivity contribution is -0.132. The lowest BCUT2D eigenvalue weighted by atomic mass is 10.2. The van der Waals surface area contributed by atoms with Crippen LogP contribution in [0.2, 0.25) is 4.34 Å². The van der Waals surface area contributed by atoms with E-state index in [0.717, 1.165) is 41.9 Å². The second-order valence-electron chi connectivity index (χ2n) is 6.49. The van der Waals surface area contributed by atoms with E-state index in [1.54, 1.807) is 4.90 Å². The van der Waals surface area contributed by atoms with Crippen molar-refractivity contribution in [2.24, 2.45) is 0 Å². The fourth-order valence-electron chi connectivity index (χ4n) is 3.02. The number of piperazine rings is 1. The zero-order valence-electron chi connectivity index (χ0n) is 14.5. The van der Waals surface area contributed by atoms with E-state index in [0.29, 0.717) is 13.1 Å². The highest BCUT2D eigenvalue weighted by atomic mass is 35.5. The number of carbonyl (C=O) groups is 1. The summed E-state index contributed by atoms with van der Waals surface area (Å²) < 4.78 is 0.769. The highest BCUT2D eigenvalue weighted by Crippen LogP contribution is 2.22. The Bertz CT molecular complexity index is 683. The molecule has 0 spiro atoms. The molecule has 2 aromatic rings. The molecule has 0 saturated carbocycles. The van der Waals surface area contributed by atoms with Gasteiger partial charge in [-0.15, -0.1) is 11.3 Å². The number of hydrogen-bond acceptors (Lipinski definition) is 4. The van der Waals surface area contributed by atoms with E-state index in [4.69, 9.17) is 11.6 Å². The van der Waals surface area contributed by atoms with Gasteiger partial charge in [-0.05, 0) is 17.7 Å². The molecular formula is C19H24ClN3OS. The van der Waals surface area contributed by atoms with Crippen molar-refractivity contribution in [1.82, 2.24) is 14.7 Å². The van der Waals surface area contributed by atoms with Gasteiger partial charge >= 0.3 is 0 Å². The quantitative estimate of drug-likeness (QED) is 0.773. The Balaban J connectivity index is 1.41. The molecule has 0 N–H and O–H groups in total. The van der Waals surface area contributed by atoms with Crippen molar-refractivity contribution < 1.29 is 4.79 Å². The average molecular weight is 378 g/mol. The summed E-state index contributed by atoms with van der Waals surface area (Å²) in [5.41, 5.74) is 1.35. The first kappa shape index (κ1) is 18.4. The highest BCUT2D eigenvalue weighted by Gasteiger charge is 2.20. The predicted octanol–water partition coefficient (Wildman–Crippen LogP) is 3.18. The van der Waals surface area contributed by atoms with E-state index in [1.165, 1.54) is 16.9 Å². The van der Waals surface area contributed by atoms with Gasteiger partial charge in [0.15, 0.2) is 0 Å². The topological polar surface area (TPSA) is 26.8 Å². The zero-order valence-corrected chi connectivity index (χ0v) is 16.1. The zero-order chi connectivity index (χ0) is 17.6. The molecule has 1 saturated heterocycles. The minimum absolute atomic E-state index is 0.168. The average Bonchev–Trinajstić information content (AvgIpc) is 3.02. The predicted molar refractivity (Wildman–Crippen MR) is 104 cm³/mol. The van der Waals surface area contributed by atoms with Crippen LogP contribution in [0, 0.1) is 0 Å². The van der Waals surface area contributed by atoms with Gasteiger partial charge in [0.2, 0.25) is 5.91 Å². The number of hydrogen-bond donors (Lipinski definition) is 0. The van der Waals surface area contributed by atoms with Crippen LogP contribution in [0.3, 0.4) is 0 Å². The summed E-state index contributed by atoms with van der Waals surface area (Å²) in [4.78, 5) is 20.1. The Morgan fingerprint density at radius 1 is 1.08 bits per heavy atom. The summed E-state index contributed by atoms with van der Waals surface area (Å²) in [5.74, 6) is 0.168. The SMILES string of the molecule is CN(Cc1ccc(Cl)s1)C(=O)CN1CCN(Cc2ccccc2)CC1. The van der Waals surface area contributed by atoms with Gasteiger partial charge in [0.1, 0.15) is 0 Å². The maximum Gasteiger partial charge on any atom is 0.236 e. The molecule has 1 amide bonds. The number of amides is 1. The number of nitrogens with zero attached hydrogens (tertiary/aromatic N) is 3. The maximum atomic E-state index is 12.4. The van der Waals surface area contributed by atoms with Gasteiger partial charge in [-0.3, -0.25) is 14.6 Å². The van der Waals surface area contributed by atoms with E-state index in [2.05, 4.69) is 34.1 Å². The van der Waals surface area contributed by atoms with E-state index in [9.17, 15) is 4.79 Å². The fourth-order valence-corrected chi connectivity index (χ4v) is 4.16. The molecule has 2 heterocycles. The number of likely N-dealkylation sites (N-methyl/N-ethyl adjacent to an activating group) is 1. The van der Waals surface area contributed by atoms with Gasteiger partial charge < -0.3 is 4.90 Å². The summed E-state index contributed by atoms with van der Waals surface area (Å²) in [7, 11) is 1.86. The lowest BCUT2D eigenvalue weighted by Gasteiger charge is -2.35. The van der Waals surface area contributed by atoms with Crippen molar-refractivity contribution in [3.8, 4) is 0 Å². The van der Waals surface area contributed by atoms with Crippen molar-refractivity contribution in [3.05, 3.63) is 57.2 Å². The summed E-state index contributed by atoms with van der Waals surface area (Å²) in [6, 6.07) is 14.4. The second-order valence-corrected chi connectivity index (χ2v) is 8.29. The van der Waals surface area contributed by atoms with Crippen LogP contribution in [0.5, 0.6) is 0 Å². The molecule has 4 nitrogen and oxygen atoms in total. The van der Waals surface area contributed by atoms with Gasteiger partial charge in [0.25, 0.3) is 0 Å². The molecule has 0 bridgehead atoms. The van der Waals surface area contributed by atoms with Crippen LogP contribution in [-0.2, 0) is 17.9 Å². The molecule has 25 heavy (non-hydrogen) atoms. The van der Waals surface area contributed by atoms with Crippen LogP contribution in [0.1, 0.15) is 10.4 Å². The van der Waals surface area contributed by atoms with Gasteiger partial charge in [0, 0.05) is 44.6 Å². The smallest absolute Gasteiger partial charge is 0.236 e. The third kappa shape index (κ3) is 5.54. The van der Waals surface area contributed by atoms with Gasteiger partial charge in [-0.25, -0.2) is 0 Å². The normalized spacial score (nSPS) is 16.1. The number of benzene rings is 1. The Labute approximate surface area is 158 Å². The Hall–Kier alpha value is -1.40. The van der Waals surface area contributed by atoms with Crippen molar-refractivity contribution in [3.63, 3.8) is 0 Å². The Morgan fingerprint density at radius 3 is 2.40 bits per heavy atom. The van der Waals surface area contributed by atoms with Crippen LogP contribution in [0.15, 0.2) is 42.5 Å². The second kappa shape index (κ2) is 8.81. The summed E-state index contributed by atoms with van der Waals surface area (Å²) in [5, 5.41) is 0. The number of rotatable bonds is 6. The third-order valence-electron chi connectivity index (χ3n) is 4.52. The van der Waals surface area contributed by atoms with Gasteiger partial charge in [0.05, 0.1) is 17.4 Å². The summed E-state index contributed by atoms with van der Waals surface area (Å²) in [6.45, 7) is 6.01. The minimum Gasteiger partial charge on any atom is -0.340 e. The molecule has 1 aliphatic heterocycles. The first-order valence-electron chi connectivity index (χ1n) is 8.57. The number of carbonyl (C=O) groups excluding carboxylic acids is 1. The molecule has 1 fully saturated rings. The van der Waals surface area contributed by atoms with Crippen LogP contribution < -0.4 is 0 Å². The van der Waals surface area contributed by atoms with Crippen molar-refractivity contribution >= 4 is 28.8 Å². The fraction of sp³-hybridized carbons (Fsp3) is 0.421. The van der Waals surface area contributed by atoms with Gasteiger partial charge in [-0.2, -0.15) is 0 Å². The highest BCUT2D eigenvalue weighted by molar-refractivity contribution is 7.16. The molecule has 6 heteroatoms. The molecule has 0 atom stereocenters. The van der Waals surface area contributed by atoms with E-state index in [1.807, 2.05) is 25.2 Å². The maximum absolute atomic E-state index is 12.4. The molecule has 0 aliphatic carbocycles. The third-order valence-corrected chi connectivity index (χ3v) is 5.74. The van der Waals surface area contributed by atoms with Crippen LogP contribution in [-0.4, -0.2) is 60.4 Å². The van der Waals surface area contributed by atoms with E-state index < -0.39 is 0 Å². The number of halogens is 1. The monoisotopic (exact) mass is 377 g/mol. The number of thiophene rings is 1. The molecule has 1 aromatic heterocycles. The van der Waals surface area contributed by atoms with Crippen LogP contribution in [0.4, 0.5) is 0 Å². The first-order chi connectivity index (χ1) is 12.1. The molecule has 3 rings (SSSR count). The molecular weight excluding hydrogens is 354 g/mol. The van der Waals surface area contributed by atoms with E-state index >= 15 is 0 Å². The molecule has 0 radical (unpaired) electrons. The Morgan fingerprint density at radius 2 is 1.76 bits per heavy atom. The lowest BCUT2D eigenvalue weighted by Crippen LogP contribution is -2.49. The molecule has 134 valence electrons. The van der Waals surface area contributed by atoms with Crippen LogP contribution in [0.25, 0.3) is 0 Å². The van der Waals surface area contributed by atoms with Crippen LogP contribution >= 0.6 is 22.9 Å². The molecule has 0 unspecified atom stereocenters.